The van der Waals surface area contributed by atoms with Gasteiger partial charge in [-0.25, -0.2) is 0 Å². The van der Waals surface area contributed by atoms with Crippen molar-refractivity contribution in [3.05, 3.63) is 42.0 Å². The van der Waals surface area contributed by atoms with Gasteiger partial charge in [0.25, 0.3) is 5.91 Å². The van der Waals surface area contributed by atoms with Crippen molar-refractivity contribution in [2.45, 2.75) is 13.0 Å². The highest BCUT2D eigenvalue weighted by Crippen LogP contribution is 2.28. The summed E-state index contributed by atoms with van der Waals surface area (Å²) in [4.78, 5) is 14.1. The Kier molecular flexibility index (Phi) is 3.32. The number of benzene rings is 2. The predicted molar refractivity (Wildman–Crippen MR) is 77.0 cm³/mol. The quantitative estimate of drug-likeness (QED) is 0.929. The summed E-state index contributed by atoms with van der Waals surface area (Å²) < 4.78 is 5.60. The lowest BCUT2D eigenvalue weighted by molar-refractivity contribution is 0.00568. The van der Waals surface area contributed by atoms with Crippen LogP contribution in [0.1, 0.15) is 17.3 Å². The number of likely N-dealkylation sites (tertiary alicyclic amines) is 1. The van der Waals surface area contributed by atoms with Gasteiger partial charge < -0.3 is 14.7 Å². The molecule has 3 rings (SSSR count). The zero-order chi connectivity index (χ0) is 14.1. The first-order valence-corrected chi connectivity index (χ1v) is 6.82. The number of ether oxygens (including phenoxy) is 1. The summed E-state index contributed by atoms with van der Waals surface area (Å²) >= 11 is 0. The first kappa shape index (κ1) is 12.9. The standard InChI is InChI=1S/C16H17NO3/c1-2-20-15-8-12-6-4-3-5-11(12)7-14(15)16(19)17-9-13(18)10-17/h3-8,13,18H,2,9-10H2,1H3. The van der Waals surface area contributed by atoms with Crippen molar-refractivity contribution >= 4 is 16.7 Å². The number of rotatable bonds is 3. The van der Waals surface area contributed by atoms with Crippen LogP contribution in [0.15, 0.2) is 36.4 Å². The molecule has 0 atom stereocenters. The second-order valence-electron chi connectivity index (χ2n) is 4.99. The number of amides is 1. The van der Waals surface area contributed by atoms with Crippen LogP contribution in [-0.4, -0.2) is 41.7 Å². The highest BCUT2D eigenvalue weighted by Gasteiger charge is 2.31. The molecule has 0 bridgehead atoms. The smallest absolute Gasteiger partial charge is 0.257 e. The Morgan fingerprint density at radius 2 is 1.95 bits per heavy atom. The molecule has 0 aromatic heterocycles. The summed E-state index contributed by atoms with van der Waals surface area (Å²) in [6, 6.07) is 11.7. The summed E-state index contributed by atoms with van der Waals surface area (Å²) in [7, 11) is 0. The lowest BCUT2D eigenvalue weighted by Crippen LogP contribution is -2.53. The third kappa shape index (κ3) is 2.23. The number of hydrogen-bond acceptors (Lipinski definition) is 3. The van der Waals surface area contributed by atoms with E-state index in [1.54, 1.807) is 4.90 Å². The van der Waals surface area contributed by atoms with E-state index < -0.39 is 6.10 Å². The molecule has 104 valence electrons. The molecule has 0 aliphatic carbocycles. The summed E-state index contributed by atoms with van der Waals surface area (Å²) in [6.07, 6.45) is -0.394. The summed E-state index contributed by atoms with van der Waals surface area (Å²) in [6.45, 7) is 3.21. The molecule has 20 heavy (non-hydrogen) atoms. The summed E-state index contributed by atoms with van der Waals surface area (Å²) in [5.41, 5.74) is 0.567. The van der Waals surface area contributed by atoms with E-state index in [4.69, 9.17) is 4.74 Å². The van der Waals surface area contributed by atoms with Crippen molar-refractivity contribution in [2.24, 2.45) is 0 Å². The van der Waals surface area contributed by atoms with Gasteiger partial charge in [0.2, 0.25) is 0 Å². The van der Waals surface area contributed by atoms with E-state index in [9.17, 15) is 9.90 Å². The van der Waals surface area contributed by atoms with Crippen LogP contribution in [0.25, 0.3) is 10.8 Å². The van der Waals surface area contributed by atoms with Crippen LogP contribution in [-0.2, 0) is 0 Å². The predicted octanol–water partition coefficient (Wildman–Crippen LogP) is 2.06. The van der Waals surface area contributed by atoms with E-state index in [1.807, 2.05) is 43.3 Å². The van der Waals surface area contributed by atoms with Gasteiger partial charge in [0.05, 0.1) is 18.3 Å². The van der Waals surface area contributed by atoms with Crippen molar-refractivity contribution in [1.82, 2.24) is 4.90 Å². The molecule has 1 N–H and O–H groups in total. The molecule has 2 aromatic carbocycles. The molecule has 0 unspecified atom stereocenters. The normalized spacial score (nSPS) is 15.2. The molecular weight excluding hydrogens is 254 g/mol. The third-order valence-electron chi connectivity index (χ3n) is 3.53. The van der Waals surface area contributed by atoms with Crippen LogP contribution in [0.2, 0.25) is 0 Å². The molecule has 0 spiro atoms. The van der Waals surface area contributed by atoms with Crippen molar-refractivity contribution in [1.29, 1.82) is 0 Å². The number of aliphatic hydroxyl groups is 1. The number of hydrogen-bond donors (Lipinski definition) is 1. The third-order valence-corrected chi connectivity index (χ3v) is 3.53. The first-order chi connectivity index (χ1) is 9.69. The maximum absolute atomic E-state index is 12.4. The monoisotopic (exact) mass is 271 g/mol. The van der Waals surface area contributed by atoms with Crippen LogP contribution in [0.3, 0.4) is 0 Å². The fourth-order valence-electron chi connectivity index (χ4n) is 2.45. The average molecular weight is 271 g/mol. The molecule has 2 aromatic rings. The van der Waals surface area contributed by atoms with Gasteiger partial charge in [-0.1, -0.05) is 24.3 Å². The van der Waals surface area contributed by atoms with Gasteiger partial charge in [-0.15, -0.1) is 0 Å². The molecule has 1 aliphatic rings. The second-order valence-corrected chi connectivity index (χ2v) is 4.99. The van der Waals surface area contributed by atoms with Gasteiger partial charge in [-0.05, 0) is 29.8 Å². The number of aliphatic hydroxyl groups excluding tert-OH is 1. The minimum Gasteiger partial charge on any atom is -0.493 e. The van der Waals surface area contributed by atoms with Gasteiger partial charge in [0.15, 0.2) is 0 Å². The van der Waals surface area contributed by atoms with Gasteiger partial charge in [-0.3, -0.25) is 4.79 Å². The lowest BCUT2D eigenvalue weighted by atomic mass is 10.0. The number of β-amino-alcohol motifs (C(OH)–C–C–N with tert-alkyl or cyclic N) is 1. The molecule has 1 aliphatic heterocycles. The molecule has 1 fully saturated rings. The Bertz CT molecular complexity index is 647. The van der Waals surface area contributed by atoms with Crippen LogP contribution in [0.5, 0.6) is 5.75 Å². The molecule has 0 saturated carbocycles. The van der Waals surface area contributed by atoms with Gasteiger partial charge >= 0.3 is 0 Å². The Hall–Kier alpha value is -2.07. The van der Waals surface area contributed by atoms with Gasteiger partial charge in [0.1, 0.15) is 5.75 Å². The van der Waals surface area contributed by atoms with Crippen molar-refractivity contribution in [2.75, 3.05) is 19.7 Å². The largest absolute Gasteiger partial charge is 0.493 e. The van der Waals surface area contributed by atoms with Crippen LogP contribution < -0.4 is 4.74 Å². The Morgan fingerprint density at radius 1 is 1.30 bits per heavy atom. The van der Waals surface area contributed by atoms with E-state index in [2.05, 4.69) is 0 Å². The molecule has 4 nitrogen and oxygen atoms in total. The SMILES string of the molecule is CCOc1cc2ccccc2cc1C(=O)N1CC(O)C1. The highest BCUT2D eigenvalue weighted by molar-refractivity contribution is 6.02. The highest BCUT2D eigenvalue weighted by atomic mass is 16.5. The molecule has 1 heterocycles. The first-order valence-electron chi connectivity index (χ1n) is 6.82. The van der Waals surface area contributed by atoms with E-state index in [0.717, 1.165) is 10.8 Å². The minimum absolute atomic E-state index is 0.0792. The number of carbonyl (C=O) groups is 1. The van der Waals surface area contributed by atoms with Crippen LogP contribution >= 0.6 is 0 Å². The molecule has 1 saturated heterocycles. The number of carbonyl (C=O) groups excluding carboxylic acids is 1. The molecule has 1 amide bonds. The molecule has 0 radical (unpaired) electrons. The molecular formula is C16H17NO3. The Labute approximate surface area is 117 Å². The molecule has 4 heteroatoms. The fourth-order valence-corrected chi connectivity index (χ4v) is 2.45. The van der Waals surface area contributed by atoms with Gasteiger partial charge in [0, 0.05) is 13.1 Å². The summed E-state index contributed by atoms with van der Waals surface area (Å²) in [5.74, 6) is 0.530. The van der Waals surface area contributed by atoms with Gasteiger partial charge in [-0.2, -0.15) is 0 Å². The maximum Gasteiger partial charge on any atom is 0.257 e. The fraction of sp³-hybridized carbons (Fsp3) is 0.312. The second kappa shape index (κ2) is 5.13. The van der Waals surface area contributed by atoms with Crippen molar-refractivity contribution in [3.8, 4) is 5.75 Å². The lowest BCUT2D eigenvalue weighted by Gasteiger charge is -2.36. The van der Waals surface area contributed by atoms with Crippen molar-refractivity contribution < 1.29 is 14.6 Å². The number of fused-ring (bicyclic) bond motifs is 1. The van der Waals surface area contributed by atoms with E-state index >= 15 is 0 Å². The number of nitrogens with zero attached hydrogens (tertiary/aromatic N) is 1. The zero-order valence-corrected chi connectivity index (χ0v) is 11.4. The average Bonchev–Trinajstić information content (AvgIpc) is 2.43. The van der Waals surface area contributed by atoms with E-state index in [0.29, 0.717) is 31.0 Å². The zero-order valence-electron chi connectivity index (χ0n) is 11.4. The summed E-state index contributed by atoms with van der Waals surface area (Å²) in [5, 5.41) is 11.4. The van der Waals surface area contributed by atoms with Crippen molar-refractivity contribution in [3.63, 3.8) is 0 Å². The topological polar surface area (TPSA) is 49.8 Å². The van der Waals surface area contributed by atoms with Crippen LogP contribution in [0, 0.1) is 0 Å². The minimum atomic E-state index is -0.394. The maximum atomic E-state index is 12.4. The van der Waals surface area contributed by atoms with E-state index in [-0.39, 0.29) is 5.91 Å². The Morgan fingerprint density at radius 3 is 2.55 bits per heavy atom. The van der Waals surface area contributed by atoms with Crippen LogP contribution in [0.4, 0.5) is 0 Å². The Balaban J connectivity index is 2.02. The van der Waals surface area contributed by atoms with E-state index in [1.165, 1.54) is 0 Å².